The molecule has 1 atom stereocenters. The molecule has 1 N–H and O–H groups in total. The topological polar surface area (TPSA) is 46.5 Å². The first-order valence-electron chi connectivity index (χ1n) is 6.26. The molecule has 0 saturated heterocycles. The van der Waals surface area contributed by atoms with E-state index < -0.39 is 12.1 Å². The Morgan fingerprint density at radius 3 is 2.50 bits per heavy atom. The molecule has 0 aromatic heterocycles. The number of rotatable bonds is 5. The number of carbonyl (C=O) groups is 1. The summed E-state index contributed by atoms with van der Waals surface area (Å²) in [7, 11) is 0. The fraction of sp³-hybridized carbons (Fsp3) is 0.188. The summed E-state index contributed by atoms with van der Waals surface area (Å²) < 4.78 is 5.61. The standard InChI is InChI=1S/C16H15ClO3/c1-11-6-2-5-9-14(11)20-15(16(18)19)10-12-7-3-4-8-13(12)17/h2-9,15H,10H2,1H3,(H,18,19). The number of carboxylic acid groups (broad SMARTS) is 1. The molecular weight excluding hydrogens is 276 g/mol. The lowest BCUT2D eigenvalue weighted by atomic mass is 10.1. The molecule has 0 aliphatic carbocycles. The van der Waals surface area contributed by atoms with Crippen LogP contribution in [0.5, 0.6) is 5.75 Å². The number of aliphatic carboxylic acids is 1. The zero-order chi connectivity index (χ0) is 14.5. The quantitative estimate of drug-likeness (QED) is 0.913. The maximum atomic E-state index is 11.4. The summed E-state index contributed by atoms with van der Waals surface area (Å²) in [6.07, 6.45) is -0.737. The third-order valence-corrected chi connectivity index (χ3v) is 3.37. The minimum atomic E-state index is -1.01. The van der Waals surface area contributed by atoms with Crippen LogP contribution >= 0.6 is 11.6 Å². The molecule has 2 aromatic carbocycles. The molecule has 0 heterocycles. The van der Waals surface area contributed by atoms with E-state index in [-0.39, 0.29) is 6.42 Å². The summed E-state index contributed by atoms with van der Waals surface area (Å²) in [4.78, 5) is 11.4. The van der Waals surface area contributed by atoms with Crippen molar-refractivity contribution < 1.29 is 14.6 Å². The van der Waals surface area contributed by atoms with Crippen molar-refractivity contribution in [1.82, 2.24) is 0 Å². The second-order valence-electron chi connectivity index (χ2n) is 4.51. The Labute approximate surface area is 122 Å². The van der Waals surface area contributed by atoms with E-state index in [1.807, 2.05) is 37.3 Å². The fourth-order valence-electron chi connectivity index (χ4n) is 1.88. The van der Waals surface area contributed by atoms with Crippen molar-refractivity contribution in [1.29, 1.82) is 0 Å². The molecule has 0 amide bonds. The fourth-order valence-corrected chi connectivity index (χ4v) is 2.10. The van der Waals surface area contributed by atoms with Crippen molar-refractivity contribution in [3.05, 3.63) is 64.7 Å². The molecule has 1 unspecified atom stereocenters. The first-order chi connectivity index (χ1) is 9.58. The van der Waals surface area contributed by atoms with E-state index in [9.17, 15) is 9.90 Å². The molecule has 104 valence electrons. The van der Waals surface area contributed by atoms with E-state index in [0.717, 1.165) is 11.1 Å². The van der Waals surface area contributed by atoms with E-state index in [1.165, 1.54) is 0 Å². The molecule has 0 radical (unpaired) electrons. The normalized spacial score (nSPS) is 11.9. The van der Waals surface area contributed by atoms with E-state index >= 15 is 0 Å². The second kappa shape index (κ2) is 6.44. The summed E-state index contributed by atoms with van der Waals surface area (Å²) in [6, 6.07) is 14.5. The van der Waals surface area contributed by atoms with Crippen LogP contribution in [0.4, 0.5) is 0 Å². The summed E-state index contributed by atoms with van der Waals surface area (Å²) in [5.74, 6) is -0.430. The molecule has 0 fully saturated rings. The molecule has 0 bridgehead atoms. The minimum absolute atomic E-state index is 0.226. The lowest BCUT2D eigenvalue weighted by Crippen LogP contribution is -2.29. The van der Waals surface area contributed by atoms with Crippen molar-refractivity contribution in [3.8, 4) is 5.75 Å². The highest BCUT2D eigenvalue weighted by Crippen LogP contribution is 2.22. The predicted molar refractivity (Wildman–Crippen MR) is 78.4 cm³/mol. The lowest BCUT2D eigenvalue weighted by molar-refractivity contribution is -0.145. The van der Waals surface area contributed by atoms with E-state index in [1.54, 1.807) is 18.2 Å². The van der Waals surface area contributed by atoms with Crippen molar-refractivity contribution >= 4 is 17.6 Å². The molecule has 20 heavy (non-hydrogen) atoms. The largest absolute Gasteiger partial charge is 0.478 e. The number of hydrogen-bond donors (Lipinski definition) is 1. The summed E-state index contributed by atoms with van der Waals surface area (Å²) >= 11 is 6.06. The van der Waals surface area contributed by atoms with E-state index in [4.69, 9.17) is 16.3 Å². The van der Waals surface area contributed by atoms with Crippen LogP contribution in [0.3, 0.4) is 0 Å². The van der Waals surface area contributed by atoms with Gasteiger partial charge in [-0.25, -0.2) is 4.79 Å². The van der Waals surface area contributed by atoms with Crippen LogP contribution in [-0.2, 0) is 11.2 Å². The molecular formula is C16H15ClO3. The first kappa shape index (κ1) is 14.4. The van der Waals surface area contributed by atoms with Gasteiger partial charge in [-0.3, -0.25) is 0 Å². The van der Waals surface area contributed by atoms with Gasteiger partial charge in [0, 0.05) is 11.4 Å². The number of hydrogen-bond acceptors (Lipinski definition) is 2. The Hall–Kier alpha value is -2.00. The highest BCUT2D eigenvalue weighted by Gasteiger charge is 2.21. The summed E-state index contributed by atoms with van der Waals surface area (Å²) in [5, 5.41) is 9.86. The van der Waals surface area contributed by atoms with Gasteiger partial charge in [0.15, 0.2) is 6.10 Å². The molecule has 0 aliphatic heterocycles. The van der Waals surface area contributed by atoms with Gasteiger partial charge in [-0.15, -0.1) is 0 Å². The lowest BCUT2D eigenvalue weighted by Gasteiger charge is -2.17. The highest BCUT2D eigenvalue weighted by molar-refractivity contribution is 6.31. The number of benzene rings is 2. The van der Waals surface area contributed by atoms with Gasteiger partial charge in [-0.2, -0.15) is 0 Å². The number of aryl methyl sites for hydroxylation is 1. The molecule has 2 aromatic rings. The third-order valence-electron chi connectivity index (χ3n) is 3.00. The first-order valence-corrected chi connectivity index (χ1v) is 6.64. The number of para-hydroxylation sites is 1. The number of ether oxygens (including phenoxy) is 1. The molecule has 0 saturated carbocycles. The van der Waals surface area contributed by atoms with Crippen molar-refractivity contribution in [2.45, 2.75) is 19.4 Å². The monoisotopic (exact) mass is 290 g/mol. The molecule has 3 nitrogen and oxygen atoms in total. The van der Waals surface area contributed by atoms with Crippen LogP contribution in [0.25, 0.3) is 0 Å². The average Bonchev–Trinajstić information content (AvgIpc) is 2.42. The Bertz CT molecular complexity index is 563. The maximum absolute atomic E-state index is 11.4. The molecule has 2 rings (SSSR count). The summed E-state index contributed by atoms with van der Waals surface area (Å²) in [6.45, 7) is 1.88. The zero-order valence-corrected chi connectivity index (χ0v) is 11.8. The van der Waals surface area contributed by atoms with Gasteiger partial charge in [0.2, 0.25) is 0 Å². The average molecular weight is 291 g/mol. The van der Waals surface area contributed by atoms with Gasteiger partial charge in [0.25, 0.3) is 0 Å². The predicted octanol–water partition coefficient (Wildman–Crippen LogP) is 3.72. The molecule has 4 heteroatoms. The van der Waals surface area contributed by atoms with Crippen LogP contribution in [0.1, 0.15) is 11.1 Å². The van der Waals surface area contributed by atoms with Crippen molar-refractivity contribution in [2.24, 2.45) is 0 Å². The van der Waals surface area contributed by atoms with Crippen molar-refractivity contribution in [2.75, 3.05) is 0 Å². The van der Waals surface area contributed by atoms with Gasteiger partial charge in [-0.05, 0) is 30.2 Å². The maximum Gasteiger partial charge on any atom is 0.345 e. The molecule has 0 aliphatic rings. The van der Waals surface area contributed by atoms with E-state index in [0.29, 0.717) is 10.8 Å². The number of carboxylic acids is 1. The summed E-state index contributed by atoms with van der Waals surface area (Å²) in [5.41, 5.74) is 1.66. The van der Waals surface area contributed by atoms with Gasteiger partial charge >= 0.3 is 5.97 Å². The van der Waals surface area contributed by atoms with Crippen LogP contribution in [-0.4, -0.2) is 17.2 Å². The highest BCUT2D eigenvalue weighted by atomic mass is 35.5. The second-order valence-corrected chi connectivity index (χ2v) is 4.91. The zero-order valence-electron chi connectivity index (χ0n) is 11.0. The Morgan fingerprint density at radius 1 is 1.20 bits per heavy atom. The third kappa shape index (κ3) is 3.52. The van der Waals surface area contributed by atoms with Gasteiger partial charge in [-0.1, -0.05) is 48.0 Å². The van der Waals surface area contributed by atoms with Crippen LogP contribution in [0.15, 0.2) is 48.5 Å². The Balaban J connectivity index is 2.19. The van der Waals surface area contributed by atoms with Crippen LogP contribution in [0.2, 0.25) is 5.02 Å². The van der Waals surface area contributed by atoms with Crippen LogP contribution < -0.4 is 4.74 Å². The minimum Gasteiger partial charge on any atom is -0.478 e. The SMILES string of the molecule is Cc1ccccc1OC(Cc1ccccc1Cl)C(=O)O. The Kier molecular flexibility index (Phi) is 4.64. The van der Waals surface area contributed by atoms with Gasteiger partial charge in [0.1, 0.15) is 5.75 Å². The van der Waals surface area contributed by atoms with Gasteiger partial charge < -0.3 is 9.84 Å². The van der Waals surface area contributed by atoms with Gasteiger partial charge in [0.05, 0.1) is 0 Å². The van der Waals surface area contributed by atoms with Crippen molar-refractivity contribution in [3.63, 3.8) is 0 Å². The Morgan fingerprint density at radius 2 is 1.85 bits per heavy atom. The van der Waals surface area contributed by atoms with Crippen LogP contribution in [0, 0.1) is 6.92 Å². The van der Waals surface area contributed by atoms with E-state index in [2.05, 4.69) is 0 Å². The smallest absolute Gasteiger partial charge is 0.345 e. The number of halogens is 1. The molecule has 0 spiro atoms.